The third-order valence-corrected chi connectivity index (χ3v) is 4.16. The highest BCUT2D eigenvalue weighted by Gasteiger charge is 2.31. The Balaban J connectivity index is 2.31. The summed E-state index contributed by atoms with van der Waals surface area (Å²) in [6.45, 7) is 2.69. The Morgan fingerprint density at radius 2 is 2.28 bits per heavy atom. The predicted molar refractivity (Wildman–Crippen MR) is 79.7 cm³/mol. The molecular weight excluding hydrogens is 312 g/mol. The monoisotopic (exact) mass is 326 g/mol. The van der Waals surface area contributed by atoms with Gasteiger partial charge in [-0.2, -0.15) is 0 Å². The largest absolute Gasteiger partial charge is 0.392 e. The smallest absolute Gasteiger partial charge is 0.255 e. The summed E-state index contributed by atoms with van der Waals surface area (Å²) in [5, 5.41) is 0. The summed E-state index contributed by atoms with van der Waals surface area (Å²) >= 11 is 8.46. The van der Waals surface area contributed by atoms with Gasteiger partial charge in [0.1, 0.15) is 0 Å². The number of hydrogen-bond donors (Lipinski definition) is 1. The molecule has 1 heterocycles. The number of benzene rings is 1. The minimum absolute atomic E-state index is 0.000810. The number of hydrogen-bond acceptors (Lipinski definition) is 2. The first-order valence-electron chi connectivity index (χ1n) is 5.87. The lowest BCUT2D eigenvalue weighted by Gasteiger charge is -2.24. The third-order valence-electron chi connectivity index (χ3n) is 3.19. The Hall–Kier alpha value is -0.940. The molecule has 1 saturated heterocycles. The summed E-state index contributed by atoms with van der Waals surface area (Å²) in [7, 11) is 0. The summed E-state index contributed by atoms with van der Waals surface area (Å²) in [5.74, 6) is 0.000810. The fraction of sp³-hybridized carbons (Fsp3) is 0.385. The summed E-state index contributed by atoms with van der Waals surface area (Å²) in [5.41, 5.74) is 7.44. The SMILES string of the molecule is Cc1ccc(Br)c(C(=O)N2CCCC2C(N)=S)c1. The van der Waals surface area contributed by atoms with Crippen LogP contribution < -0.4 is 5.73 Å². The van der Waals surface area contributed by atoms with Gasteiger partial charge in [0.2, 0.25) is 0 Å². The van der Waals surface area contributed by atoms with E-state index in [0.717, 1.165) is 29.4 Å². The van der Waals surface area contributed by atoms with Crippen molar-refractivity contribution < 1.29 is 4.79 Å². The molecule has 18 heavy (non-hydrogen) atoms. The van der Waals surface area contributed by atoms with Gasteiger partial charge in [0.15, 0.2) is 0 Å². The molecule has 96 valence electrons. The fourth-order valence-electron chi connectivity index (χ4n) is 2.26. The molecule has 0 saturated carbocycles. The molecule has 1 aromatic rings. The molecule has 1 atom stereocenters. The standard InChI is InChI=1S/C13H15BrN2OS/c1-8-4-5-10(14)9(7-8)13(17)16-6-2-3-11(16)12(15)18/h4-5,7,11H,2-3,6H2,1H3,(H2,15,18). The van der Waals surface area contributed by atoms with Gasteiger partial charge >= 0.3 is 0 Å². The first kappa shape index (κ1) is 13.5. The van der Waals surface area contributed by atoms with E-state index < -0.39 is 0 Å². The third kappa shape index (κ3) is 2.57. The van der Waals surface area contributed by atoms with Crippen molar-refractivity contribution in [2.45, 2.75) is 25.8 Å². The molecule has 1 aliphatic heterocycles. The first-order chi connectivity index (χ1) is 8.50. The zero-order chi connectivity index (χ0) is 13.3. The zero-order valence-electron chi connectivity index (χ0n) is 10.1. The molecule has 0 aliphatic carbocycles. The maximum Gasteiger partial charge on any atom is 0.255 e. The van der Waals surface area contributed by atoms with Gasteiger partial charge in [-0.3, -0.25) is 4.79 Å². The Morgan fingerprint density at radius 3 is 2.94 bits per heavy atom. The molecule has 1 unspecified atom stereocenters. The molecule has 2 N–H and O–H groups in total. The van der Waals surface area contributed by atoms with Crippen molar-refractivity contribution >= 4 is 39.0 Å². The number of thiocarbonyl (C=S) groups is 1. The molecule has 1 fully saturated rings. The van der Waals surface area contributed by atoms with Gasteiger partial charge in [0, 0.05) is 11.0 Å². The van der Waals surface area contributed by atoms with Crippen LogP contribution in [0.2, 0.25) is 0 Å². The average molecular weight is 327 g/mol. The van der Waals surface area contributed by atoms with Crippen LogP contribution in [0.4, 0.5) is 0 Å². The molecule has 0 spiro atoms. The number of nitrogens with zero attached hydrogens (tertiary/aromatic N) is 1. The van der Waals surface area contributed by atoms with E-state index in [1.807, 2.05) is 25.1 Å². The van der Waals surface area contributed by atoms with E-state index in [4.69, 9.17) is 18.0 Å². The van der Waals surface area contributed by atoms with Crippen LogP contribution in [0.25, 0.3) is 0 Å². The summed E-state index contributed by atoms with van der Waals surface area (Å²) in [6.07, 6.45) is 1.82. The molecule has 2 rings (SSSR count). The molecule has 5 heteroatoms. The van der Waals surface area contributed by atoms with Crippen molar-refractivity contribution in [3.63, 3.8) is 0 Å². The number of carbonyl (C=O) groups excluding carboxylic acids is 1. The van der Waals surface area contributed by atoms with Crippen molar-refractivity contribution in [1.29, 1.82) is 0 Å². The second-order valence-corrected chi connectivity index (χ2v) is 5.87. The maximum atomic E-state index is 12.5. The van der Waals surface area contributed by atoms with Crippen molar-refractivity contribution in [2.24, 2.45) is 5.73 Å². The van der Waals surface area contributed by atoms with Gasteiger partial charge in [0.25, 0.3) is 5.91 Å². The van der Waals surface area contributed by atoms with Crippen LogP contribution in [0.3, 0.4) is 0 Å². The molecule has 1 aliphatic rings. The normalized spacial score (nSPS) is 19.0. The molecule has 1 aromatic carbocycles. The molecular formula is C13H15BrN2OS. The summed E-state index contributed by atoms with van der Waals surface area (Å²) in [4.78, 5) is 14.7. The van der Waals surface area contributed by atoms with Crippen molar-refractivity contribution in [1.82, 2.24) is 4.90 Å². The highest BCUT2D eigenvalue weighted by molar-refractivity contribution is 9.10. The van der Waals surface area contributed by atoms with E-state index in [1.165, 1.54) is 0 Å². The number of aryl methyl sites for hydroxylation is 1. The second-order valence-electron chi connectivity index (χ2n) is 4.54. The Kier molecular flexibility index (Phi) is 4.02. The lowest BCUT2D eigenvalue weighted by atomic mass is 10.1. The number of nitrogens with two attached hydrogens (primary N) is 1. The molecule has 0 radical (unpaired) electrons. The molecule has 0 bridgehead atoms. The second kappa shape index (κ2) is 5.36. The maximum absolute atomic E-state index is 12.5. The lowest BCUT2D eigenvalue weighted by molar-refractivity contribution is 0.0769. The number of halogens is 1. The minimum Gasteiger partial charge on any atom is -0.392 e. The van der Waals surface area contributed by atoms with Gasteiger partial charge < -0.3 is 10.6 Å². The quantitative estimate of drug-likeness (QED) is 0.850. The van der Waals surface area contributed by atoms with Crippen LogP contribution in [0.15, 0.2) is 22.7 Å². The van der Waals surface area contributed by atoms with E-state index in [9.17, 15) is 4.79 Å². The number of rotatable bonds is 2. The lowest BCUT2D eigenvalue weighted by Crippen LogP contribution is -2.42. The predicted octanol–water partition coefficient (Wildman–Crippen LogP) is 2.65. The van der Waals surface area contributed by atoms with E-state index in [0.29, 0.717) is 10.6 Å². The summed E-state index contributed by atoms with van der Waals surface area (Å²) in [6, 6.07) is 5.66. The van der Waals surface area contributed by atoms with E-state index in [2.05, 4.69) is 15.9 Å². The molecule has 3 nitrogen and oxygen atoms in total. The number of likely N-dealkylation sites (tertiary alicyclic amines) is 1. The Bertz CT molecular complexity index is 504. The first-order valence-corrected chi connectivity index (χ1v) is 7.07. The van der Waals surface area contributed by atoms with Crippen molar-refractivity contribution in [3.05, 3.63) is 33.8 Å². The van der Waals surface area contributed by atoms with Gasteiger partial charge in [-0.25, -0.2) is 0 Å². The highest BCUT2D eigenvalue weighted by atomic mass is 79.9. The molecule has 1 amide bonds. The van der Waals surface area contributed by atoms with Gasteiger partial charge in [0.05, 0.1) is 16.6 Å². The van der Waals surface area contributed by atoms with Gasteiger partial charge in [-0.1, -0.05) is 23.8 Å². The van der Waals surface area contributed by atoms with Crippen molar-refractivity contribution in [3.8, 4) is 0 Å². The van der Waals surface area contributed by atoms with E-state index >= 15 is 0 Å². The Morgan fingerprint density at radius 1 is 1.56 bits per heavy atom. The van der Waals surface area contributed by atoms with Crippen molar-refractivity contribution in [2.75, 3.05) is 6.54 Å². The zero-order valence-corrected chi connectivity index (χ0v) is 12.6. The summed E-state index contributed by atoms with van der Waals surface area (Å²) < 4.78 is 0.812. The minimum atomic E-state index is -0.0973. The number of carbonyl (C=O) groups is 1. The fourth-order valence-corrected chi connectivity index (χ4v) is 2.92. The highest BCUT2D eigenvalue weighted by Crippen LogP contribution is 2.25. The van der Waals surface area contributed by atoms with Crippen LogP contribution in [-0.2, 0) is 0 Å². The van der Waals surface area contributed by atoms with Crippen LogP contribution >= 0.6 is 28.1 Å². The van der Waals surface area contributed by atoms with Crippen LogP contribution in [0.1, 0.15) is 28.8 Å². The van der Waals surface area contributed by atoms with E-state index in [-0.39, 0.29) is 11.9 Å². The Labute approximate surface area is 120 Å². The van der Waals surface area contributed by atoms with Crippen LogP contribution in [0, 0.1) is 6.92 Å². The van der Waals surface area contributed by atoms with Gasteiger partial charge in [-0.05, 0) is 47.8 Å². The van der Waals surface area contributed by atoms with Crippen LogP contribution in [0.5, 0.6) is 0 Å². The number of amides is 1. The van der Waals surface area contributed by atoms with Crippen LogP contribution in [-0.4, -0.2) is 28.4 Å². The van der Waals surface area contributed by atoms with Gasteiger partial charge in [-0.15, -0.1) is 0 Å². The topological polar surface area (TPSA) is 46.3 Å². The van der Waals surface area contributed by atoms with E-state index in [1.54, 1.807) is 4.90 Å². The molecule has 0 aromatic heterocycles. The average Bonchev–Trinajstić information content (AvgIpc) is 2.80.